The van der Waals surface area contributed by atoms with E-state index in [1.807, 2.05) is 0 Å². The van der Waals surface area contributed by atoms with Crippen LogP contribution in [0.2, 0.25) is 0 Å². The molecule has 0 spiro atoms. The summed E-state index contributed by atoms with van der Waals surface area (Å²) in [5.41, 5.74) is -2.98. The molecule has 1 fully saturated rings. The second kappa shape index (κ2) is 3.82. The van der Waals surface area contributed by atoms with Crippen molar-refractivity contribution in [3.8, 4) is 0 Å². The fourth-order valence-electron chi connectivity index (χ4n) is 1.58. The highest BCUT2D eigenvalue weighted by Crippen LogP contribution is 2.51. The van der Waals surface area contributed by atoms with E-state index >= 15 is 0 Å². The summed E-state index contributed by atoms with van der Waals surface area (Å²) in [7, 11) is 0. The SMILES string of the molecule is O=[N+]([O-])c1ccc(NC2(C(F)(F)F)CC2)c(F)c1. The molecule has 1 aromatic rings. The molecular weight excluding hydrogens is 256 g/mol. The normalized spacial score (nSPS) is 17.3. The van der Waals surface area contributed by atoms with Gasteiger partial charge in [-0.15, -0.1) is 0 Å². The number of hydrogen-bond acceptors (Lipinski definition) is 3. The van der Waals surface area contributed by atoms with Crippen molar-refractivity contribution >= 4 is 11.4 Å². The molecule has 1 N–H and O–H groups in total. The summed E-state index contributed by atoms with van der Waals surface area (Å²) in [6.45, 7) is 0. The van der Waals surface area contributed by atoms with Crippen LogP contribution >= 0.6 is 0 Å². The van der Waals surface area contributed by atoms with E-state index in [0.29, 0.717) is 6.07 Å². The van der Waals surface area contributed by atoms with Crippen LogP contribution in [0.5, 0.6) is 0 Å². The Kier molecular flexibility index (Phi) is 2.67. The molecule has 0 bridgehead atoms. The fourth-order valence-corrected chi connectivity index (χ4v) is 1.58. The fraction of sp³-hybridized carbons (Fsp3) is 0.400. The standard InChI is InChI=1S/C10H8F4N2O2/c11-7-5-6(16(17)18)1-2-8(7)15-9(3-4-9)10(12,13)14/h1-2,5,15H,3-4H2. The third-order valence-corrected chi connectivity index (χ3v) is 2.83. The van der Waals surface area contributed by atoms with E-state index in [-0.39, 0.29) is 18.5 Å². The second-order valence-corrected chi connectivity index (χ2v) is 4.13. The van der Waals surface area contributed by atoms with Gasteiger partial charge < -0.3 is 5.32 Å². The van der Waals surface area contributed by atoms with Crippen molar-refractivity contribution in [2.75, 3.05) is 5.32 Å². The summed E-state index contributed by atoms with van der Waals surface area (Å²) in [6.07, 6.45) is -4.74. The number of nitro groups is 1. The molecule has 1 aromatic carbocycles. The zero-order chi connectivity index (χ0) is 13.6. The van der Waals surface area contributed by atoms with Crippen LogP contribution in [0.25, 0.3) is 0 Å². The molecule has 18 heavy (non-hydrogen) atoms. The Morgan fingerprint density at radius 2 is 1.94 bits per heavy atom. The van der Waals surface area contributed by atoms with Gasteiger partial charge in [-0.2, -0.15) is 13.2 Å². The van der Waals surface area contributed by atoms with Gasteiger partial charge in [0, 0.05) is 6.07 Å². The van der Waals surface area contributed by atoms with E-state index in [2.05, 4.69) is 5.32 Å². The molecule has 0 aromatic heterocycles. The minimum Gasteiger partial charge on any atom is -0.369 e. The van der Waals surface area contributed by atoms with Crippen molar-refractivity contribution in [1.29, 1.82) is 0 Å². The zero-order valence-corrected chi connectivity index (χ0v) is 8.92. The summed E-state index contributed by atoms with van der Waals surface area (Å²) in [5, 5.41) is 12.4. The van der Waals surface area contributed by atoms with Crippen LogP contribution < -0.4 is 5.32 Å². The van der Waals surface area contributed by atoms with Crippen molar-refractivity contribution in [2.24, 2.45) is 0 Å². The minimum absolute atomic E-state index is 0.132. The van der Waals surface area contributed by atoms with Gasteiger partial charge in [-0.3, -0.25) is 10.1 Å². The number of nitrogens with zero attached hydrogens (tertiary/aromatic N) is 1. The molecule has 0 saturated heterocycles. The average Bonchev–Trinajstić information content (AvgIpc) is 3.01. The van der Waals surface area contributed by atoms with Gasteiger partial charge in [0.1, 0.15) is 5.54 Å². The lowest BCUT2D eigenvalue weighted by Gasteiger charge is -2.22. The maximum atomic E-state index is 13.4. The highest BCUT2D eigenvalue weighted by Gasteiger charge is 2.63. The largest absolute Gasteiger partial charge is 0.411 e. The van der Waals surface area contributed by atoms with Gasteiger partial charge in [-0.1, -0.05) is 0 Å². The Labute approximate surface area is 98.8 Å². The summed E-state index contributed by atoms with van der Waals surface area (Å²) in [5.74, 6) is -1.07. The highest BCUT2D eigenvalue weighted by molar-refractivity contribution is 5.53. The monoisotopic (exact) mass is 264 g/mol. The molecule has 98 valence electrons. The molecule has 0 aliphatic heterocycles. The molecule has 1 aliphatic rings. The van der Waals surface area contributed by atoms with Crippen LogP contribution in [-0.4, -0.2) is 16.6 Å². The third-order valence-electron chi connectivity index (χ3n) is 2.83. The zero-order valence-electron chi connectivity index (χ0n) is 8.92. The topological polar surface area (TPSA) is 55.2 Å². The number of nitro benzene ring substituents is 1. The number of nitrogens with one attached hydrogen (secondary N) is 1. The molecule has 0 atom stereocenters. The first-order valence-corrected chi connectivity index (χ1v) is 5.04. The quantitative estimate of drug-likeness (QED) is 0.518. The van der Waals surface area contributed by atoms with Crippen LogP contribution in [0.15, 0.2) is 18.2 Å². The molecule has 0 heterocycles. The number of non-ortho nitro benzene ring substituents is 1. The maximum absolute atomic E-state index is 13.4. The lowest BCUT2D eigenvalue weighted by molar-refractivity contribution is -0.385. The van der Waals surface area contributed by atoms with E-state index < -0.39 is 28.1 Å². The van der Waals surface area contributed by atoms with Crippen LogP contribution in [-0.2, 0) is 0 Å². The molecule has 0 amide bonds. The smallest absolute Gasteiger partial charge is 0.369 e. The second-order valence-electron chi connectivity index (χ2n) is 4.13. The van der Waals surface area contributed by atoms with Crippen LogP contribution in [0, 0.1) is 15.9 Å². The molecule has 1 aliphatic carbocycles. The van der Waals surface area contributed by atoms with Crippen LogP contribution in [0.4, 0.5) is 28.9 Å². The van der Waals surface area contributed by atoms with Crippen molar-refractivity contribution < 1.29 is 22.5 Å². The summed E-state index contributed by atoms with van der Waals surface area (Å²) in [6, 6.07) is 2.49. The van der Waals surface area contributed by atoms with Gasteiger partial charge in [0.2, 0.25) is 0 Å². The summed E-state index contributed by atoms with van der Waals surface area (Å²) >= 11 is 0. The summed E-state index contributed by atoms with van der Waals surface area (Å²) < 4.78 is 51.3. The van der Waals surface area contributed by atoms with Crippen LogP contribution in [0.1, 0.15) is 12.8 Å². The van der Waals surface area contributed by atoms with Gasteiger partial charge in [0.25, 0.3) is 5.69 Å². The number of hydrogen-bond donors (Lipinski definition) is 1. The predicted molar refractivity (Wildman–Crippen MR) is 54.7 cm³/mol. The third kappa shape index (κ3) is 2.09. The molecule has 2 rings (SSSR count). The van der Waals surface area contributed by atoms with Crippen molar-refractivity contribution in [2.45, 2.75) is 24.6 Å². The Hall–Kier alpha value is -1.86. The van der Waals surface area contributed by atoms with E-state index in [4.69, 9.17) is 0 Å². The molecule has 0 radical (unpaired) electrons. The average molecular weight is 264 g/mol. The summed E-state index contributed by atoms with van der Waals surface area (Å²) in [4.78, 5) is 9.54. The molecule has 8 heteroatoms. The predicted octanol–water partition coefficient (Wildman–Crippen LogP) is 3.24. The van der Waals surface area contributed by atoms with Gasteiger partial charge in [0.15, 0.2) is 5.82 Å². The molecule has 4 nitrogen and oxygen atoms in total. The first kappa shape index (κ1) is 12.6. The van der Waals surface area contributed by atoms with Crippen molar-refractivity contribution in [1.82, 2.24) is 0 Å². The Balaban J connectivity index is 2.24. The van der Waals surface area contributed by atoms with Gasteiger partial charge in [-0.25, -0.2) is 4.39 Å². The van der Waals surface area contributed by atoms with Crippen molar-refractivity contribution in [3.05, 3.63) is 34.1 Å². The van der Waals surface area contributed by atoms with Gasteiger partial charge in [-0.05, 0) is 18.9 Å². The Bertz CT molecular complexity index is 497. The number of alkyl halides is 3. The molecule has 1 saturated carbocycles. The molecular formula is C10H8F4N2O2. The number of halogens is 4. The first-order valence-electron chi connectivity index (χ1n) is 5.04. The van der Waals surface area contributed by atoms with E-state index in [1.54, 1.807) is 0 Å². The van der Waals surface area contributed by atoms with E-state index in [0.717, 1.165) is 12.1 Å². The van der Waals surface area contributed by atoms with Gasteiger partial charge >= 0.3 is 6.18 Å². The lowest BCUT2D eigenvalue weighted by Crippen LogP contribution is -2.38. The Morgan fingerprint density at radius 1 is 1.33 bits per heavy atom. The highest BCUT2D eigenvalue weighted by atomic mass is 19.4. The number of benzene rings is 1. The number of anilines is 1. The van der Waals surface area contributed by atoms with E-state index in [1.165, 1.54) is 0 Å². The lowest BCUT2D eigenvalue weighted by atomic mass is 10.2. The Morgan fingerprint density at radius 3 is 2.33 bits per heavy atom. The van der Waals surface area contributed by atoms with E-state index in [9.17, 15) is 27.7 Å². The number of rotatable bonds is 3. The maximum Gasteiger partial charge on any atom is 0.411 e. The molecule has 0 unspecified atom stereocenters. The minimum atomic E-state index is -4.47. The first-order chi connectivity index (χ1) is 8.25. The van der Waals surface area contributed by atoms with Crippen LogP contribution in [0.3, 0.4) is 0 Å². The van der Waals surface area contributed by atoms with Gasteiger partial charge in [0.05, 0.1) is 16.7 Å². The van der Waals surface area contributed by atoms with Crippen molar-refractivity contribution in [3.63, 3.8) is 0 Å².